The third-order valence-electron chi connectivity index (χ3n) is 2.87. The molecule has 0 aliphatic rings. The number of para-hydroxylation sites is 2. The molecule has 94 valence electrons. The molecule has 0 aliphatic carbocycles. The summed E-state index contributed by atoms with van der Waals surface area (Å²) < 4.78 is 5.49. The van der Waals surface area contributed by atoms with E-state index < -0.39 is 0 Å². The van der Waals surface area contributed by atoms with Crippen LogP contribution in [0.25, 0.3) is 11.0 Å². The molecule has 0 unspecified atom stereocenters. The fraction of sp³-hybridized carbons (Fsp3) is 0. The van der Waals surface area contributed by atoms with Crippen molar-refractivity contribution in [3.05, 3.63) is 66.4 Å². The summed E-state index contributed by atoms with van der Waals surface area (Å²) in [5, 5.41) is 0.982. The predicted octanol–water partition coefficient (Wildman–Crippen LogP) is 2.97. The monoisotopic (exact) mass is 251 g/mol. The van der Waals surface area contributed by atoms with Gasteiger partial charge in [-0.25, -0.2) is 10.8 Å². The predicted molar refractivity (Wildman–Crippen MR) is 76.2 cm³/mol. The van der Waals surface area contributed by atoms with Crippen molar-refractivity contribution in [1.29, 1.82) is 0 Å². The summed E-state index contributed by atoms with van der Waals surface area (Å²) in [6.45, 7) is 0. The summed E-state index contributed by atoms with van der Waals surface area (Å²) in [6.07, 6.45) is 1.66. The van der Waals surface area contributed by atoms with Crippen LogP contribution < -0.4 is 11.3 Å². The van der Waals surface area contributed by atoms with Crippen LogP contribution in [0.3, 0.4) is 0 Å². The van der Waals surface area contributed by atoms with E-state index in [0.717, 1.165) is 22.2 Å². The highest BCUT2D eigenvalue weighted by atomic mass is 16.3. The molecule has 0 amide bonds. The first-order chi connectivity index (χ1) is 9.38. The lowest BCUT2D eigenvalue weighted by Crippen LogP contribution is -2.30. The Bertz CT molecular complexity index is 716. The maximum Gasteiger partial charge on any atom is 0.151 e. The van der Waals surface area contributed by atoms with Gasteiger partial charge in [-0.05, 0) is 18.2 Å². The van der Waals surface area contributed by atoms with Crippen LogP contribution in [0.1, 0.15) is 5.56 Å². The van der Waals surface area contributed by atoms with Crippen LogP contribution in [0.15, 0.2) is 70.3 Å². The largest absolute Gasteiger partial charge is 0.464 e. The zero-order valence-electron chi connectivity index (χ0n) is 10.2. The van der Waals surface area contributed by atoms with Crippen LogP contribution in [0.4, 0.5) is 5.69 Å². The quantitative estimate of drug-likeness (QED) is 0.318. The van der Waals surface area contributed by atoms with Gasteiger partial charge in [-0.3, -0.25) is 0 Å². The van der Waals surface area contributed by atoms with E-state index in [1.165, 1.54) is 0 Å². The topological polar surface area (TPSA) is 63.5 Å². The number of fused-ring (bicyclic) bond motifs is 1. The van der Waals surface area contributed by atoms with Crippen molar-refractivity contribution >= 4 is 22.5 Å². The van der Waals surface area contributed by atoms with Crippen LogP contribution in [-0.4, -0.2) is 5.84 Å². The van der Waals surface area contributed by atoms with Crippen molar-refractivity contribution in [2.24, 2.45) is 10.8 Å². The molecular formula is C15H13N3O. The van der Waals surface area contributed by atoms with Gasteiger partial charge in [-0.15, -0.1) is 0 Å². The van der Waals surface area contributed by atoms with Crippen LogP contribution >= 0.6 is 0 Å². The molecule has 0 bridgehead atoms. The second-order valence-corrected chi connectivity index (χ2v) is 4.09. The number of hydrogen-bond acceptors (Lipinski definition) is 3. The Kier molecular flexibility index (Phi) is 3.00. The molecule has 3 N–H and O–H groups in total. The number of nitrogens with zero attached hydrogens (tertiary/aromatic N) is 1. The van der Waals surface area contributed by atoms with E-state index in [1.54, 1.807) is 6.26 Å². The minimum absolute atomic E-state index is 0.580. The van der Waals surface area contributed by atoms with Gasteiger partial charge in [0, 0.05) is 5.39 Å². The zero-order chi connectivity index (χ0) is 13.1. The lowest BCUT2D eigenvalue weighted by molar-refractivity contribution is 0.615. The Morgan fingerprint density at radius 2 is 1.74 bits per heavy atom. The van der Waals surface area contributed by atoms with Crippen LogP contribution in [-0.2, 0) is 0 Å². The van der Waals surface area contributed by atoms with Crippen molar-refractivity contribution in [2.45, 2.75) is 0 Å². The molecule has 1 heterocycles. The molecule has 3 aromatic rings. The fourth-order valence-electron chi connectivity index (χ4n) is 1.96. The summed E-state index contributed by atoms with van der Waals surface area (Å²) in [4.78, 5) is 4.49. The highest BCUT2D eigenvalue weighted by molar-refractivity contribution is 6.09. The van der Waals surface area contributed by atoms with Gasteiger partial charge in [-0.1, -0.05) is 36.4 Å². The number of aliphatic imine (C=N–C) groups is 1. The van der Waals surface area contributed by atoms with E-state index in [2.05, 4.69) is 10.4 Å². The summed E-state index contributed by atoms with van der Waals surface area (Å²) in [5.74, 6) is 6.16. The Hall–Kier alpha value is -2.59. The van der Waals surface area contributed by atoms with E-state index in [-0.39, 0.29) is 0 Å². The fourth-order valence-corrected chi connectivity index (χ4v) is 1.96. The van der Waals surface area contributed by atoms with Gasteiger partial charge < -0.3 is 9.84 Å². The SMILES string of the molecule is NNC(=Nc1ccccc1)c1coc2ccccc12. The Balaban J connectivity index is 2.10. The Morgan fingerprint density at radius 3 is 2.53 bits per heavy atom. The van der Waals surface area contributed by atoms with Gasteiger partial charge in [-0.2, -0.15) is 0 Å². The lowest BCUT2D eigenvalue weighted by Gasteiger charge is -2.03. The zero-order valence-corrected chi connectivity index (χ0v) is 10.2. The van der Waals surface area contributed by atoms with Crippen molar-refractivity contribution in [3.63, 3.8) is 0 Å². The number of hydrogen-bond donors (Lipinski definition) is 2. The van der Waals surface area contributed by atoms with E-state index in [1.807, 2.05) is 54.6 Å². The summed E-state index contributed by atoms with van der Waals surface area (Å²) >= 11 is 0. The molecular weight excluding hydrogens is 238 g/mol. The summed E-state index contributed by atoms with van der Waals surface area (Å²) in [5.41, 5.74) is 5.13. The molecule has 0 saturated carbocycles. The second kappa shape index (κ2) is 4.96. The number of nitrogens with two attached hydrogens (primary N) is 1. The van der Waals surface area contributed by atoms with Gasteiger partial charge >= 0.3 is 0 Å². The molecule has 2 aromatic carbocycles. The molecule has 0 atom stereocenters. The normalized spacial score (nSPS) is 11.7. The van der Waals surface area contributed by atoms with Crippen LogP contribution in [0.2, 0.25) is 0 Å². The van der Waals surface area contributed by atoms with Crippen LogP contribution in [0, 0.1) is 0 Å². The molecule has 1 aromatic heterocycles. The molecule has 0 saturated heterocycles. The molecule has 0 fully saturated rings. The number of furan rings is 1. The van der Waals surface area contributed by atoms with Crippen molar-refractivity contribution in [3.8, 4) is 0 Å². The number of hydrazine groups is 1. The Labute approximate surface area is 110 Å². The number of rotatable bonds is 2. The first-order valence-corrected chi connectivity index (χ1v) is 5.95. The molecule has 3 rings (SSSR count). The third kappa shape index (κ3) is 2.21. The summed E-state index contributed by atoms with van der Waals surface area (Å²) in [6, 6.07) is 17.4. The first kappa shape index (κ1) is 11.5. The average Bonchev–Trinajstić information content (AvgIpc) is 2.90. The van der Waals surface area contributed by atoms with Gasteiger partial charge in [0.2, 0.25) is 0 Å². The highest BCUT2D eigenvalue weighted by Crippen LogP contribution is 2.22. The van der Waals surface area contributed by atoms with Gasteiger partial charge in [0.15, 0.2) is 5.84 Å². The maximum atomic E-state index is 5.58. The molecule has 0 radical (unpaired) electrons. The van der Waals surface area contributed by atoms with E-state index in [4.69, 9.17) is 10.3 Å². The van der Waals surface area contributed by atoms with Crippen LogP contribution in [0.5, 0.6) is 0 Å². The molecule has 4 heteroatoms. The van der Waals surface area contributed by atoms with Gasteiger partial charge in [0.05, 0.1) is 11.3 Å². The maximum absolute atomic E-state index is 5.58. The van der Waals surface area contributed by atoms with E-state index >= 15 is 0 Å². The lowest BCUT2D eigenvalue weighted by atomic mass is 10.1. The van der Waals surface area contributed by atoms with E-state index in [0.29, 0.717) is 5.84 Å². The second-order valence-electron chi connectivity index (χ2n) is 4.09. The smallest absolute Gasteiger partial charge is 0.151 e. The van der Waals surface area contributed by atoms with Gasteiger partial charge in [0.1, 0.15) is 11.8 Å². The molecule has 0 aliphatic heterocycles. The number of benzene rings is 2. The van der Waals surface area contributed by atoms with Crippen molar-refractivity contribution in [2.75, 3.05) is 0 Å². The first-order valence-electron chi connectivity index (χ1n) is 5.95. The minimum Gasteiger partial charge on any atom is -0.464 e. The highest BCUT2D eigenvalue weighted by Gasteiger charge is 2.10. The average molecular weight is 251 g/mol. The van der Waals surface area contributed by atoms with E-state index in [9.17, 15) is 0 Å². The molecule has 4 nitrogen and oxygen atoms in total. The number of nitrogens with one attached hydrogen (secondary N) is 1. The molecule has 0 spiro atoms. The Morgan fingerprint density at radius 1 is 1.00 bits per heavy atom. The summed E-state index contributed by atoms with van der Waals surface area (Å²) in [7, 11) is 0. The molecule has 19 heavy (non-hydrogen) atoms. The third-order valence-corrected chi connectivity index (χ3v) is 2.87. The standard InChI is InChI=1S/C15H13N3O/c16-18-15(17-11-6-2-1-3-7-11)13-10-19-14-9-5-4-8-12(13)14/h1-10H,16H2,(H,17,18). The van der Waals surface area contributed by atoms with Crippen molar-refractivity contribution in [1.82, 2.24) is 5.43 Å². The minimum atomic E-state index is 0.580. The van der Waals surface area contributed by atoms with Crippen molar-refractivity contribution < 1.29 is 4.42 Å². The van der Waals surface area contributed by atoms with Gasteiger partial charge in [0.25, 0.3) is 0 Å². The number of amidine groups is 1.